The fourth-order valence-corrected chi connectivity index (χ4v) is 10.9. The lowest BCUT2D eigenvalue weighted by Crippen LogP contribution is -2.72. The maximum Gasteiger partial charge on any atom is 0.306 e. The van der Waals surface area contributed by atoms with E-state index >= 15 is 0 Å². The highest BCUT2D eigenvalue weighted by Gasteiger charge is 2.68. The third-order valence-corrected chi connectivity index (χ3v) is 13.5. The predicted octanol–water partition coefficient (Wildman–Crippen LogP) is 2.28. The summed E-state index contributed by atoms with van der Waals surface area (Å²) in [5, 5.41) is 24.6. The molecule has 0 bridgehead atoms. The number of carbonyl (C=O) groups is 1. The van der Waals surface area contributed by atoms with Crippen molar-refractivity contribution >= 4 is 5.97 Å². The van der Waals surface area contributed by atoms with Crippen molar-refractivity contribution in [1.29, 1.82) is 0 Å². The smallest absolute Gasteiger partial charge is 0.306 e. The molecule has 2 saturated heterocycles. The van der Waals surface area contributed by atoms with Gasteiger partial charge in [0.15, 0.2) is 0 Å². The van der Waals surface area contributed by atoms with Crippen LogP contribution in [0.3, 0.4) is 0 Å². The van der Waals surface area contributed by atoms with Crippen LogP contribution in [-0.4, -0.2) is 133 Å². The van der Waals surface area contributed by atoms with Gasteiger partial charge in [-0.25, -0.2) is 0 Å². The number of methoxy groups -OCH3 is 1. The van der Waals surface area contributed by atoms with Crippen LogP contribution in [0.1, 0.15) is 71.6 Å². The maximum atomic E-state index is 12.7. The van der Waals surface area contributed by atoms with Crippen LogP contribution in [0.25, 0.3) is 0 Å². The third kappa shape index (κ3) is 4.68. The zero-order valence-corrected chi connectivity index (χ0v) is 25.7. The van der Waals surface area contributed by atoms with E-state index in [1.54, 1.807) is 0 Å². The van der Waals surface area contributed by atoms with Gasteiger partial charge >= 0.3 is 5.97 Å². The summed E-state index contributed by atoms with van der Waals surface area (Å²) in [4.78, 5) is 21.7. The third-order valence-electron chi connectivity index (χ3n) is 13.5. The Morgan fingerprint density at radius 1 is 0.900 bits per heavy atom. The van der Waals surface area contributed by atoms with E-state index in [4.69, 9.17) is 4.74 Å². The Hall–Kier alpha value is -0.770. The van der Waals surface area contributed by atoms with E-state index in [-0.39, 0.29) is 35.0 Å². The number of likely N-dealkylation sites (N-methyl/N-ethyl adjacent to an activating group) is 1. The molecule has 8 heteroatoms. The number of ether oxygens (including phenoxy) is 1. The minimum atomic E-state index is -0.636. The summed E-state index contributed by atoms with van der Waals surface area (Å²) in [6.45, 7) is 13.7. The van der Waals surface area contributed by atoms with Gasteiger partial charge in [0.25, 0.3) is 0 Å². The molecule has 6 fully saturated rings. The minimum absolute atomic E-state index is 0.0210. The Kier molecular flexibility index (Phi) is 8.10. The fourth-order valence-electron chi connectivity index (χ4n) is 10.9. The summed E-state index contributed by atoms with van der Waals surface area (Å²) in [7, 11) is 3.67. The highest BCUT2D eigenvalue weighted by Crippen LogP contribution is 2.68. The Morgan fingerprint density at radius 2 is 1.57 bits per heavy atom. The van der Waals surface area contributed by atoms with Crippen molar-refractivity contribution in [3.05, 3.63) is 0 Å². The molecule has 4 saturated carbocycles. The van der Waals surface area contributed by atoms with Gasteiger partial charge in [-0.15, -0.1) is 0 Å². The Labute approximate surface area is 242 Å². The van der Waals surface area contributed by atoms with Gasteiger partial charge in [-0.3, -0.25) is 14.6 Å². The summed E-state index contributed by atoms with van der Waals surface area (Å²) in [6.07, 6.45) is 9.04. The number of nitrogens with zero attached hydrogens (tertiary/aromatic N) is 4. The average Bonchev–Trinajstić information content (AvgIpc) is 3.23. The molecule has 0 spiro atoms. The second-order valence-electron chi connectivity index (χ2n) is 15.0. The van der Waals surface area contributed by atoms with Crippen LogP contribution in [-0.2, 0) is 9.53 Å². The maximum absolute atomic E-state index is 12.7. The molecule has 2 heterocycles. The zero-order valence-electron chi connectivity index (χ0n) is 25.7. The molecule has 9 atom stereocenters. The summed E-state index contributed by atoms with van der Waals surface area (Å²) >= 11 is 0. The summed E-state index contributed by atoms with van der Waals surface area (Å²) in [5.41, 5.74) is -0.714. The molecule has 0 amide bonds. The van der Waals surface area contributed by atoms with E-state index in [9.17, 15) is 15.0 Å². The van der Waals surface area contributed by atoms with Gasteiger partial charge in [0.2, 0.25) is 0 Å². The van der Waals surface area contributed by atoms with Crippen molar-refractivity contribution in [2.45, 2.75) is 95.4 Å². The number of hydrogen-bond donors (Lipinski definition) is 2. The molecule has 2 N–H and O–H groups in total. The summed E-state index contributed by atoms with van der Waals surface area (Å²) in [5.74, 6) is 1.50. The number of fused-ring (bicyclic) bond motifs is 5. The molecule has 2 aliphatic heterocycles. The van der Waals surface area contributed by atoms with Crippen molar-refractivity contribution in [1.82, 2.24) is 19.6 Å². The van der Waals surface area contributed by atoms with Gasteiger partial charge in [0, 0.05) is 76.4 Å². The van der Waals surface area contributed by atoms with E-state index in [1.807, 2.05) is 0 Å². The van der Waals surface area contributed by atoms with Crippen LogP contribution in [0.2, 0.25) is 0 Å². The van der Waals surface area contributed by atoms with Crippen LogP contribution in [0.5, 0.6) is 0 Å². The Morgan fingerprint density at radius 3 is 2.27 bits per heavy atom. The highest BCUT2D eigenvalue weighted by atomic mass is 16.5. The molecular formula is C32H56N4O4. The van der Waals surface area contributed by atoms with Gasteiger partial charge in [-0.2, -0.15) is 0 Å². The van der Waals surface area contributed by atoms with Crippen molar-refractivity contribution in [2.24, 2.45) is 28.6 Å². The molecule has 0 radical (unpaired) electrons. The van der Waals surface area contributed by atoms with E-state index < -0.39 is 5.60 Å². The minimum Gasteiger partial charge on any atom is -0.469 e. The molecule has 6 rings (SSSR count). The Bertz CT molecular complexity index is 921. The fraction of sp³-hybridized carbons (Fsp3) is 0.969. The van der Waals surface area contributed by atoms with Crippen LogP contribution < -0.4 is 0 Å². The molecule has 40 heavy (non-hydrogen) atoms. The number of esters is 1. The largest absolute Gasteiger partial charge is 0.469 e. The molecule has 8 nitrogen and oxygen atoms in total. The number of hydrogen-bond acceptors (Lipinski definition) is 8. The quantitative estimate of drug-likeness (QED) is 0.496. The van der Waals surface area contributed by atoms with Gasteiger partial charge in [-0.1, -0.05) is 26.7 Å². The molecular weight excluding hydrogens is 504 g/mol. The second-order valence-corrected chi connectivity index (χ2v) is 15.0. The van der Waals surface area contributed by atoms with E-state index in [2.05, 4.69) is 40.5 Å². The van der Waals surface area contributed by atoms with Crippen molar-refractivity contribution < 1.29 is 19.7 Å². The van der Waals surface area contributed by atoms with Gasteiger partial charge in [0.1, 0.15) is 0 Å². The topological polar surface area (TPSA) is 79.7 Å². The molecule has 6 aliphatic rings. The molecule has 0 aromatic carbocycles. The standard InChI is InChI=1S/C32H56N4O4/c1-30-11-7-24-23(25(30)22-26(29(30)38)35-17-13-33(3)14-18-35)21-27(32(39)10-6-5-9-31(24,32)2)36-19-15-34(16-20-36)12-8-28(37)40-4/h23-27,29,38-39H,5-22H2,1-4H3/t23-,24+,25+,26+,27-,29+,30+,31-,32+/m1/s1. The number of carbonyl (C=O) groups excluding carboxylic acids is 1. The molecule has 0 aromatic rings. The Balaban J connectivity index is 1.23. The lowest BCUT2D eigenvalue weighted by atomic mass is 9.42. The van der Waals surface area contributed by atoms with Crippen molar-refractivity contribution in [3.63, 3.8) is 0 Å². The molecule has 0 unspecified atom stereocenters. The normalized spacial score (nSPS) is 47.4. The lowest BCUT2D eigenvalue weighted by Gasteiger charge is -2.67. The number of aliphatic hydroxyl groups is 2. The first-order chi connectivity index (χ1) is 19.1. The van der Waals surface area contributed by atoms with Crippen LogP contribution in [0.4, 0.5) is 0 Å². The van der Waals surface area contributed by atoms with E-state index in [1.165, 1.54) is 13.5 Å². The predicted molar refractivity (Wildman–Crippen MR) is 156 cm³/mol. The first kappa shape index (κ1) is 29.3. The first-order valence-electron chi connectivity index (χ1n) is 16.5. The van der Waals surface area contributed by atoms with Crippen LogP contribution >= 0.6 is 0 Å². The number of aliphatic hydroxyl groups excluding tert-OH is 1. The van der Waals surface area contributed by atoms with Crippen LogP contribution in [0.15, 0.2) is 0 Å². The number of rotatable bonds is 5. The van der Waals surface area contributed by atoms with Gasteiger partial charge < -0.3 is 24.7 Å². The van der Waals surface area contributed by atoms with Gasteiger partial charge in [-0.05, 0) is 68.7 Å². The summed E-state index contributed by atoms with van der Waals surface area (Å²) < 4.78 is 4.86. The number of piperazine rings is 2. The molecule has 4 aliphatic carbocycles. The van der Waals surface area contributed by atoms with Crippen LogP contribution in [0, 0.1) is 28.6 Å². The molecule has 228 valence electrons. The molecule has 0 aromatic heterocycles. The summed E-state index contributed by atoms with van der Waals surface area (Å²) in [6, 6.07) is 0.461. The van der Waals surface area contributed by atoms with Crippen molar-refractivity contribution in [2.75, 3.05) is 73.1 Å². The zero-order chi connectivity index (χ0) is 28.3. The first-order valence-corrected chi connectivity index (χ1v) is 16.5. The second kappa shape index (κ2) is 11.1. The SMILES string of the molecule is COC(=O)CCN1CCN([C@@H]2C[C@H]3[C@@H]4C[C@H](N5CCN(C)CC5)[C@H](O)[C@@]4(C)CC[C@@H]3[C@@]3(C)CCCC[C@]23O)CC1. The lowest BCUT2D eigenvalue weighted by molar-refractivity contribution is -0.241. The van der Waals surface area contributed by atoms with Crippen molar-refractivity contribution in [3.8, 4) is 0 Å². The monoisotopic (exact) mass is 560 g/mol. The van der Waals surface area contributed by atoms with E-state index in [0.717, 1.165) is 104 Å². The van der Waals surface area contributed by atoms with E-state index in [0.29, 0.717) is 24.2 Å². The van der Waals surface area contributed by atoms with Gasteiger partial charge in [0.05, 0.1) is 25.2 Å². The highest BCUT2D eigenvalue weighted by molar-refractivity contribution is 5.69. The average molecular weight is 561 g/mol.